The fourth-order valence-corrected chi connectivity index (χ4v) is 3.64. The Labute approximate surface area is 160 Å². The number of methoxy groups -OCH3 is 1. The number of nitrogens with two attached hydrogens (primary N) is 1. The van der Waals surface area contributed by atoms with E-state index in [0.29, 0.717) is 25.6 Å². The number of amides is 1. The second-order valence-electron chi connectivity index (χ2n) is 6.25. The number of hydrogen-bond acceptors (Lipinski definition) is 7. The van der Waals surface area contributed by atoms with Crippen LogP contribution < -0.4 is 10.5 Å². The fraction of sp³-hybridized carbons (Fsp3) is 0.316. The summed E-state index contributed by atoms with van der Waals surface area (Å²) in [5, 5.41) is 0.857. The number of ether oxygens (including phenoxy) is 3. The number of benzene rings is 1. The standard InChI is InChI=1S/C19H19N3O4S/c1-24-4-5-25-16-7-15(17-8-21-10-27-17)22-14-3-2-11(6-12(14)16)18-13(9-26-18)19(20)23/h2-3,6-8,10,13,18H,4-5,9H2,1H3,(H2,20,23). The van der Waals surface area contributed by atoms with Gasteiger partial charge in [0.1, 0.15) is 12.4 Å². The van der Waals surface area contributed by atoms with E-state index in [0.717, 1.165) is 27.0 Å². The summed E-state index contributed by atoms with van der Waals surface area (Å²) in [7, 11) is 1.63. The molecule has 0 spiro atoms. The lowest BCUT2D eigenvalue weighted by Gasteiger charge is -2.35. The smallest absolute Gasteiger partial charge is 0.225 e. The lowest BCUT2D eigenvalue weighted by Crippen LogP contribution is -2.42. The second kappa shape index (κ2) is 7.59. The first-order valence-corrected chi connectivity index (χ1v) is 9.41. The summed E-state index contributed by atoms with van der Waals surface area (Å²) in [6.45, 7) is 1.26. The lowest BCUT2D eigenvalue weighted by atomic mass is 9.90. The van der Waals surface area contributed by atoms with Crippen LogP contribution in [0.4, 0.5) is 0 Å². The summed E-state index contributed by atoms with van der Waals surface area (Å²) >= 11 is 1.52. The lowest BCUT2D eigenvalue weighted by molar-refractivity contribution is -0.154. The van der Waals surface area contributed by atoms with Gasteiger partial charge >= 0.3 is 0 Å². The molecule has 1 saturated heterocycles. The zero-order chi connectivity index (χ0) is 18.8. The Morgan fingerprint density at radius 2 is 2.26 bits per heavy atom. The Kier molecular flexibility index (Phi) is 5.02. The van der Waals surface area contributed by atoms with Crippen LogP contribution in [0, 0.1) is 5.92 Å². The fourth-order valence-electron chi connectivity index (χ4n) is 3.06. The van der Waals surface area contributed by atoms with Crippen molar-refractivity contribution in [3.8, 4) is 16.3 Å². The van der Waals surface area contributed by atoms with Crippen molar-refractivity contribution in [1.82, 2.24) is 9.97 Å². The number of hydrogen-bond donors (Lipinski definition) is 1. The van der Waals surface area contributed by atoms with Crippen LogP contribution in [0.25, 0.3) is 21.5 Å². The number of fused-ring (bicyclic) bond motifs is 1. The van der Waals surface area contributed by atoms with E-state index in [9.17, 15) is 4.79 Å². The Morgan fingerprint density at radius 1 is 1.37 bits per heavy atom. The van der Waals surface area contributed by atoms with Crippen LogP contribution in [-0.2, 0) is 14.3 Å². The highest BCUT2D eigenvalue weighted by Gasteiger charge is 2.37. The number of nitrogens with zero attached hydrogens (tertiary/aromatic N) is 2. The van der Waals surface area contributed by atoms with Gasteiger partial charge in [-0.2, -0.15) is 0 Å². The monoisotopic (exact) mass is 385 g/mol. The summed E-state index contributed by atoms with van der Waals surface area (Å²) < 4.78 is 16.6. The topological polar surface area (TPSA) is 96.6 Å². The SMILES string of the molecule is COCCOc1cc(-c2cncs2)nc2ccc(C3OCC3C(N)=O)cc12. The largest absolute Gasteiger partial charge is 0.490 e. The molecule has 7 nitrogen and oxygen atoms in total. The second-order valence-corrected chi connectivity index (χ2v) is 7.14. The molecule has 1 amide bonds. The third kappa shape index (κ3) is 3.51. The summed E-state index contributed by atoms with van der Waals surface area (Å²) in [4.78, 5) is 21.4. The molecule has 0 aliphatic carbocycles. The number of aromatic nitrogens is 2. The van der Waals surface area contributed by atoms with E-state index < -0.39 is 0 Å². The van der Waals surface area contributed by atoms with Crippen molar-refractivity contribution in [2.75, 3.05) is 26.9 Å². The molecule has 0 radical (unpaired) electrons. The Bertz CT molecular complexity index is 961. The van der Waals surface area contributed by atoms with Crippen molar-refractivity contribution < 1.29 is 19.0 Å². The third-order valence-electron chi connectivity index (χ3n) is 4.54. The molecule has 2 atom stereocenters. The number of carbonyl (C=O) groups is 1. The summed E-state index contributed by atoms with van der Waals surface area (Å²) in [6, 6.07) is 7.70. The highest BCUT2D eigenvalue weighted by Crippen LogP contribution is 2.39. The van der Waals surface area contributed by atoms with Crippen LogP contribution in [0.1, 0.15) is 11.7 Å². The number of pyridine rings is 1. The Morgan fingerprint density at radius 3 is 2.93 bits per heavy atom. The van der Waals surface area contributed by atoms with Gasteiger partial charge in [0.25, 0.3) is 0 Å². The molecule has 4 rings (SSSR count). The molecule has 1 aromatic carbocycles. The van der Waals surface area contributed by atoms with Gasteiger partial charge < -0.3 is 19.9 Å². The molecule has 3 aromatic rings. The maximum atomic E-state index is 11.5. The number of thiazole rings is 1. The molecule has 0 saturated carbocycles. The van der Waals surface area contributed by atoms with Gasteiger partial charge in [-0.1, -0.05) is 6.07 Å². The van der Waals surface area contributed by atoms with E-state index in [1.54, 1.807) is 18.8 Å². The number of primary amides is 1. The van der Waals surface area contributed by atoms with Crippen LogP contribution in [-0.4, -0.2) is 42.8 Å². The minimum atomic E-state index is -0.346. The molecule has 8 heteroatoms. The van der Waals surface area contributed by atoms with Gasteiger partial charge in [0, 0.05) is 24.8 Å². The molecule has 140 valence electrons. The molecule has 2 aromatic heterocycles. The van der Waals surface area contributed by atoms with Gasteiger partial charge in [-0.05, 0) is 17.7 Å². The quantitative estimate of drug-likeness (QED) is 0.628. The van der Waals surface area contributed by atoms with Crippen molar-refractivity contribution >= 4 is 28.1 Å². The van der Waals surface area contributed by atoms with Crippen LogP contribution in [0.15, 0.2) is 36.0 Å². The molecule has 0 bridgehead atoms. The first-order chi connectivity index (χ1) is 13.2. The van der Waals surface area contributed by atoms with E-state index in [1.165, 1.54) is 11.3 Å². The van der Waals surface area contributed by atoms with E-state index in [2.05, 4.69) is 4.98 Å². The first-order valence-electron chi connectivity index (χ1n) is 8.53. The highest BCUT2D eigenvalue weighted by molar-refractivity contribution is 7.13. The van der Waals surface area contributed by atoms with Gasteiger partial charge in [-0.25, -0.2) is 4.98 Å². The average molecular weight is 385 g/mol. The minimum absolute atomic E-state index is 0.301. The molecule has 1 fully saturated rings. The molecule has 2 unspecified atom stereocenters. The van der Waals surface area contributed by atoms with E-state index in [1.807, 2.05) is 24.3 Å². The van der Waals surface area contributed by atoms with Crippen molar-refractivity contribution in [2.45, 2.75) is 6.10 Å². The van der Waals surface area contributed by atoms with Crippen LogP contribution >= 0.6 is 11.3 Å². The maximum Gasteiger partial charge on any atom is 0.225 e. The van der Waals surface area contributed by atoms with Crippen molar-refractivity contribution in [3.05, 3.63) is 41.5 Å². The highest BCUT2D eigenvalue weighted by atomic mass is 32.1. The molecule has 3 heterocycles. The maximum absolute atomic E-state index is 11.5. The minimum Gasteiger partial charge on any atom is -0.490 e. The third-order valence-corrected chi connectivity index (χ3v) is 5.33. The summed E-state index contributed by atoms with van der Waals surface area (Å²) in [5.41, 5.74) is 9.71. The van der Waals surface area contributed by atoms with Crippen molar-refractivity contribution in [3.63, 3.8) is 0 Å². The van der Waals surface area contributed by atoms with Gasteiger partial charge in [0.05, 0.1) is 46.8 Å². The van der Waals surface area contributed by atoms with Crippen molar-refractivity contribution in [2.24, 2.45) is 11.7 Å². The normalized spacial score (nSPS) is 19.0. The Hall–Kier alpha value is -2.55. The van der Waals surface area contributed by atoms with E-state index in [4.69, 9.17) is 24.9 Å². The molecular weight excluding hydrogens is 366 g/mol. The van der Waals surface area contributed by atoms with E-state index in [-0.39, 0.29) is 17.9 Å². The van der Waals surface area contributed by atoms with Gasteiger partial charge in [0.15, 0.2) is 0 Å². The van der Waals surface area contributed by atoms with Crippen LogP contribution in [0.2, 0.25) is 0 Å². The molecule has 27 heavy (non-hydrogen) atoms. The van der Waals surface area contributed by atoms with Gasteiger partial charge in [-0.15, -0.1) is 11.3 Å². The van der Waals surface area contributed by atoms with Crippen LogP contribution in [0.3, 0.4) is 0 Å². The molecular formula is C19H19N3O4S. The molecule has 1 aliphatic heterocycles. The Balaban J connectivity index is 1.75. The zero-order valence-corrected chi connectivity index (χ0v) is 15.6. The molecule has 2 N–H and O–H groups in total. The van der Waals surface area contributed by atoms with Gasteiger partial charge in [-0.3, -0.25) is 9.78 Å². The van der Waals surface area contributed by atoms with Gasteiger partial charge in [0.2, 0.25) is 5.91 Å². The first kappa shape index (κ1) is 17.8. The van der Waals surface area contributed by atoms with Crippen molar-refractivity contribution in [1.29, 1.82) is 0 Å². The summed E-state index contributed by atoms with van der Waals surface area (Å²) in [5.74, 6) is 0.0589. The summed E-state index contributed by atoms with van der Waals surface area (Å²) in [6.07, 6.45) is 1.46. The molecule has 1 aliphatic rings. The van der Waals surface area contributed by atoms with Crippen LogP contribution in [0.5, 0.6) is 5.75 Å². The number of rotatable bonds is 7. The predicted molar refractivity (Wildman–Crippen MR) is 102 cm³/mol. The van der Waals surface area contributed by atoms with E-state index >= 15 is 0 Å². The number of carbonyl (C=O) groups excluding carboxylic acids is 1. The average Bonchev–Trinajstić information content (AvgIpc) is 3.15. The zero-order valence-electron chi connectivity index (χ0n) is 14.8. The predicted octanol–water partition coefficient (Wildman–Crippen LogP) is 2.56.